The summed E-state index contributed by atoms with van der Waals surface area (Å²) in [6.45, 7) is 1.65. The fourth-order valence-electron chi connectivity index (χ4n) is 1.92. The highest BCUT2D eigenvalue weighted by Crippen LogP contribution is 2.27. The van der Waals surface area contributed by atoms with E-state index >= 15 is 0 Å². The van der Waals surface area contributed by atoms with Gasteiger partial charge in [0.05, 0.1) is 14.2 Å². The first-order valence-electron chi connectivity index (χ1n) is 6.49. The van der Waals surface area contributed by atoms with Gasteiger partial charge < -0.3 is 14.8 Å². The number of nitrogens with one attached hydrogen (secondary N) is 1. The van der Waals surface area contributed by atoms with E-state index in [2.05, 4.69) is 21.4 Å². The van der Waals surface area contributed by atoms with Crippen molar-refractivity contribution in [2.24, 2.45) is 0 Å². The zero-order valence-corrected chi connectivity index (χ0v) is 11.8. The predicted octanol–water partition coefficient (Wildman–Crippen LogP) is 1.83. The Bertz CT molecular complexity index is 532. The van der Waals surface area contributed by atoms with E-state index in [0.717, 1.165) is 36.6 Å². The van der Waals surface area contributed by atoms with Crippen molar-refractivity contribution in [2.75, 3.05) is 20.8 Å². The second-order valence-electron chi connectivity index (χ2n) is 4.36. The maximum Gasteiger partial charge on any atom is 0.160 e. The monoisotopic (exact) mass is 273 g/mol. The molecule has 1 N–H and O–H groups in total. The van der Waals surface area contributed by atoms with Crippen molar-refractivity contribution in [3.8, 4) is 11.5 Å². The molecule has 0 saturated carbocycles. The number of hydrogen-bond acceptors (Lipinski definition) is 5. The zero-order valence-electron chi connectivity index (χ0n) is 11.8. The van der Waals surface area contributed by atoms with Crippen molar-refractivity contribution in [3.05, 3.63) is 48.0 Å². The summed E-state index contributed by atoms with van der Waals surface area (Å²) < 4.78 is 10.5. The molecule has 1 aromatic heterocycles. The molecule has 20 heavy (non-hydrogen) atoms. The summed E-state index contributed by atoms with van der Waals surface area (Å²) in [4.78, 5) is 7.96. The third-order valence-corrected chi connectivity index (χ3v) is 2.98. The molecule has 2 aromatic rings. The van der Waals surface area contributed by atoms with E-state index in [0.29, 0.717) is 0 Å². The Morgan fingerprint density at radius 1 is 1.00 bits per heavy atom. The lowest BCUT2D eigenvalue weighted by molar-refractivity contribution is 0.354. The Kier molecular flexibility index (Phi) is 5.32. The van der Waals surface area contributed by atoms with Crippen LogP contribution in [-0.4, -0.2) is 30.7 Å². The van der Waals surface area contributed by atoms with Gasteiger partial charge in [0.25, 0.3) is 0 Å². The lowest BCUT2D eigenvalue weighted by atomic mass is 10.1. The largest absolute Gasteiger partial charge is 0.493 e. The lowest BCUT2D eigenvalue weighted by Crippen LogP contribution is -2.16. The number of methoxy groups -OCH3 is 2. The van der Waals surface area contributed by atoms with Crippen molar-refractivity contribution in [1.82, 2.24) is 15.3 Å². The van der Waals surface area contributed by atoms with Gasteiger partial charge in [0, 0.05) is 24.5 Å². The molecular weight excluding hydrogens is 254 g/mol. The second-order valence-corrected chi connectivity index (χ2v) is 4.36. The van der Waals surface area contributed by atoms with Crippen LogP contribution < -0.4 is 14.8 Å². The van der Waals surface area contributed by atoms with Crippen molar-refractivity contribution < 1.29 is 9.47 Å². The van der Waals surface area contributed by atoms with E-state index in [1.807, 2.05) is 24.5 Å². The van der Waals surface area contributed by atoms with Gasteiger partial charge in [-0.2, -0.15) is 0 Å². The molecule has 106 valence electrons. The van der Waals surface area contributed by atoms with E-state index in [9.17, 15) is 0 Å². The van der Waals surface area contributed by atoms with Gasteiger partial charge in [-0.05, 0) is 30.7 Å². The van der Waals surface area contributed by atoms with Gasteiger partial charge in [0.2, 0.25) is 0 Å². The molecule has 0 aliphatic heterocycles. The van der Waals surface area contributed by atoms with E-state index in [1.165, 1.54) is 11.9 Å². The molecule has 1 heterocycles. The Hall–Kier alpha value is -2.14. The minimum atomic E-state index is 0.755. The molecule has 0 aliphatic carbocycles. The molecule has 0 atom stereocenters. The van der Waals surface area contributed by atoms with Gasteiger partial charge in [-0.15, -0.1) is 0 Å². The van der Waals surface area contributed by atoms with Crippen LogP contribution in [0.1, 0.15) is 11.1 Å². The van der Waals surface area contributed by atoms with Crippen LogP contribution in [0, 0.1) is 0 Å². The number of hydrogen-bond donors (Lipinski definition) is 1. The molecule has 5 nitrogen and oxygen atoms in total. The molecule has 2 rings (SSSR count). The first-order valence-corrected chi connectivity index (χ1v) is 6.49. The van der Waals surface area contributed by atoms with Crippen LogP contribution in [0.2, 0.25) is 0 Å². The molecule has 1 aromatic carbocycles. The van der Waals surface area contributed by atoms with Crippen molar-refractivity contribution in [3.63, 3.8) is 0 Å². The molecule has 0 aliphatic rings. The van der Waals surface area contributed by atoms with Gasteiger partial charge in [-0.3, -0.25) is 0 Å². The molecule has 5 heteroatoms. The molecular formula is C15H19N3O2. The SMILES string of the molecule is COc1ccc(CCNCc2cncnc2)cc1OC. The van der Waals surface area contributed by atoms with Gasteiger partial charge in [0.15, 0.2) is 11.5 Å². The molecule has 0 radical (unpaired) electrons. The Balaban J connectivity index is 1.82. The Morgan fingerprint density at radius 3 is 2.45 bits per heavy atom. The highest BCUT2D eigenvalue weighted by molar-refractivity contribution is 5.42. The second kappa shape index (κ2) is 7.45. The Labute approximate surface area is 119 Å². The van der Waals surface area contributed by atoms with Crippen LogP contribution in [0.5, 0.6) is 11.5 Å². The van der Waals surface area contributed by atoms with Crippen molar-refractivity contribution in [2.45, 2.75) is 13.0 Å². The van der Waals surface area contributed by atoms with Gasteiger partial charge in [-0.1, -0.05) is 6.07 Å². The van der Waals surface area contributed by atoms with E-state index in [-0.39, 0.29) is 0 Å². The lowest BCUT2D eigenvalue weighted by Gasteiger charge is -2.10. The number of ether oxygens (including phenoxy) is 2. The minimum Gasteiger partial charge on any atom is -0.493 e. The van der Waals surface area contributed by atoms with Crippen molar-refractivity contribution in [1.29, 1.82) is 0 Å². The third-order valence-electron chi connectivity index (χ3n) is 2.98. The van der Waals surface area contributed by atoms with Crippen LogP contribution >= 0.6 is 0 Å². The summed E-state index contributed by atoms with van der Waals surface area (Å²) in [5.74, 6) is 1.52. The summed E-state index contributed by atoms with van der Waals surface area (Å²) in [6.07, 6.45) is 6.09. The molecule has 0 bridgehead atoms. The predicted molar refractivity (Wildman–Crippen MR) is 77.0 cm³/mol. The van der Waals surface area contributed by atoms with Gasteiger partial charge in [-0.25, -0.2) is 9.97 Å². The number of benzene rings is 1. The number of aromatic nitrogens is 2. The van der Waals surface area contributed by atoms with E-state index in [4.69, 9.17) is 9.47 Å². The smallest absolute Gasteiger partial charge is 0.160 e. The fraction of sp³-hybridized carbons (Fsp3) is 0.333. The topological polar surface area (TPSA) is 56.3 Å². The average Bonchev–Trinajstić information content (AvgIpc) is 2.52. The van der Waals surface area contributed by atoms with Gasteiger partial charge >= 0.3 is 0 Å². The quantitative estimate of drug-likeness (QED) is 0.780. The van der Waals surface area contributed by atoms with Crippen LogP contribution in [0.3, 0.4) is 0 Å². The fourth-order valence-corrected chi connectivity index (χ4v) is 1.92. The molecule has 0 spiro atoms. The van der Waals surface area contributed by atoms with Crippen LogP contribution in [0.25, 0.3) is 0 Å². The standard InChI is InChI=1S/C15H19N3O2/c1-19-14-4-3-12(7-15(14)20-2)5-6-16-8-13-9-17-11-18-10-13/h3-4,7,9-11,16H,5-6,8H2,1-2H3. The molecule has 0 unspecified atom stereocenters. The van der Waals surface area contributed by atoms with Crippen LogP contribution in [0.15, 0.2) is 36.9 Å². The summed E-state index contributed by atoms with van der Waals surface area (Å²) in [6, 6.07) is 5.99. The molecule has 0 amide bonds. The normalized spacial score (nSPS) is 10.3. The average molecular weight is 273 g/mol. The summed E-state index contributed by atoms with van der Waals surface area (Å²) in [5.41, 5.74) is 2.29. The number of rotatable bonds is 7. The maximum absolute atomic E-state index is 5.29. The molecule has 0 saturated heterocycles. The van der Waals surface area contributed by atoms with Crippen LogP contribution in [0.4, 0.5) is 0 Å². The number of nitrogens with zero attached hydrogens (tertiary/aromatic N) is 2. The van der Waals surface area contributed by atoms with E-state index in [1.54, 1.807) is 14.2 Å². The highest BCUT2D eigenvalue weighted by atomic mass is 16.5. The zero-order chi connectivity index (χ0) is 14.2. The third kappa shape index (κ3) is 3.93. The first-order chi connectivity index (χ1) is 9.83. The molecule has 0 fully saturated rings. The first kappa shape index (κ1) is 14.3. The summed E-state index contributed by atoms with van der Waals surface area (Å²) in [5, 5.41) is 3.36. The summed E-state index contributed by atoms with van der Waals surface area (Å²) >= 11 is 0. The highest BCUT2D eigenvalue weighted by Gasteiger charge is 2.04. The van der Waals surface area contributed by atoms with Crippen LogP contribution in [-0.2, 0) is 13.0 Å². The van der Waals surface area contributed by atoms with E-state index < -0.39 is 0 Å². The maximum atomic E-state index is 5.29. The Morgan fingerprint density at radius 2 is 1.75 bits per heavy atom. The summed E-state index contributed by atoms with van der Waals surface area (Å²) in [7, 11) is 3.29. The minimum absolute atomic E-state index is 0.755. The van der Waals surface area contributed by atoms with Crippen molar-refractivity contribution >= 4 is 0 Å². The van der Waals surface area contributed by atoms with Gasteiger partial charge in [0.1, 0.15) is 6.33 Å².